The van der Waals surface area contributed by atoms with Gasteiger partial charge in [0.05, 0.1) is 5.69 Å². The topological polar surface area (TPSA) is 75.3 Å². The Bertz CT molecular complexity index is 1180. The van der Waals surface area contributed by atoms with Crippen molar-refractivity contribution < 1.29 is 28.5 Å². The van der Waals surface area contributed by atoms with Crippen LogP contribution in [0.25, 0.3) is 11.1 Å². The zero-order valence-electron chi connectivity index (χ0n) is 24.5. The molecule has 0 spiro atoms. The second-order valence-electron chi connectivity index (χ2n) is 10.4. The summed E-state index contributed by atoms with van der Waals surface area (Å²) >= 11 is 0. The molecular formula is C33H43NO6. The summed E-state index contributed by atoms with van der Waals surface area (Å²) in [6, 6.07) is 21.7. The van der Waals surface area contributed by atoms with Crippen LogP contribution >= 0.6 is 0 Å². The van der Waals surface area contributed by atoms with Crippen LogP contribution in [0.1, 0.15) is 64.0 Å². The number of unbranched alkanes of at least 4 members (excludes halogenated alkanes) is 3. The van der Waals surface area contributed by atoms with E-state index in [9.17, 15) is 4.79 Å². The van der Waals surface area contributed by atoms with Crippen molar-refractivity contribution >= 4 is 11.8 Å². The van der Waals surface area contributed by atoms with Crippen molar-refractivity contribution in [3.8, 4) is 22.6 Å². The Morgan fingerprint density at radius 2 is 1.48 bits per heavy atom. The first-order valence-corrected chi connectivity index (χ1v) is 13.9. The van der Waals surface area contributed by atoms with E-state index < -0.39 is 6.09 Å². The zero-order valence-corrected chi connectivity index (χ0v) is 24.5. The number of hydrogen-bond donors (Lipinski definition) is 1. The molecule has 1 amide bonds. The maximum absolute atomic E-state index is 12.6. The quantitative estimate of drug-likeness (QED) is 0.143. The molecule has 40 heavy (non-hydrogen) atoms. The predicted octanol–water partition coefficient (Wildman–Crippen LogP) is 8.32. The molecule has 0 atom stereocenters. The first kappa shape index (κ1) is 31.0. The lowest BCUT2D eigenvalue weighted by molar-refractivity contribution is 0.0330. The predicted molar refractivity (Wildman–Crippen MR) is 159 cm³/mol. The maximum atomic E-state index is 12.6. The number of anilines is 1. The van der Waals surface area contributed by atoms with Gasteiger partial charge in [0, 0.05) is 19.8 Å². The average Bonchev–Trinajstić information content (AvgIpc) is 2.97. The first-order valence-electron chi connectivity index (χ1n) is 13.9. The second kappa shape index (κ2) is 15.9. The summed E-state index contributed by atoms with van der Waals surface area (Å²) in [5.41, 5.74) is 4.43. The van der Waals surface area contributed by atoms with E-state index in [1.165, 1.54) is 38.4 Å². The Morgan fingerprint density at radius 1 is 0.800 bits per heavy atom. The van der Waals surface area contributed by atoms with Crippen LogP contribution in [-0.4, -0.2) is 33.9 Å². The molecule has 0 heterocycles. The molecule has 0 fully saturated rings. The van der Waals surface area contributed by atoms with E-state index >= 15 is 0 Å². The molecule has 0 saturated carbocycles. The Labute approximate surface area is 238 Å². The van der Waals surface area contributed by atoms with Gasteiger partial charge in [-0.05, 0) is 40.7 Å². The molecule has 0 bridgehead atoms. The van der Waals surface area contributed by atoms with E-state index in [4.69, 9.17) is 23.7 Å². The summed E-state index contributed by atoms with van der Waals surface area (Å²) in [5.74, 6) is 0.764. The third kappa shape index (κ3) is 9.00. The highest BCUT2D eigenvalue weighted by molar-refractivity contribution is 5.90. The molecule has 3 rings (SSSR count). The van der Waals surface area contributed by atoms with Crippen LogP contribution in [0.4, 0.5) is 10.5 Å². The highest BCUT2D eigenvalue weighted by Gasteiger charge is 2.23. The molecule has 0 aliphatic rings. The van der Waals surface area contributed by atoms with Crippen molar-refractivity contribution in [1.29, 1.82) is 0 Å². The van der Waals surface area contributed by atoms with Crippen molar-refractivity contribution in [3.05, 3.63) is 77.9 Å². The standard InChI is InChI=1S/C33H43NO6/c1-6-7-8-12-21-33(2,3)27-17-15-26(16-18-27)28-19-20-29(31(40-24-37-5)30(28)39-23-36-4)34-32(35)38-22-25-13-10-9-11-14-25/h9-11,13-20H,6-8,12,21-24H2,1-5H3,(H,34,35). The molecule has 0 radical (unpaired) electrons. The lowest BCUT2D eigenvalue weighted by Crippen LogP contribution is -2.17. The second-order valence-corrected chi connectivity index (χ2v) is 10.4. The number of benzene rings is 3. The molecule has 7 heteroatoms. The smallest absolute Gasteiger partial charge is 0.412 e. The fourth-order valence-corrected chi connectivity index (χ4v) is 4.52. The average molecular weight is 550 g/mol. The lowest BCUT2D eigenvalue weighted by atomic mass is 9.79. The molecule has 7 nitrogen and oxygen atoms in total. The lowest BCUT2D eigenvalue weighted by Gasteiger charge is -2.26. The normalized spacial score (nSPS) is 11.2. The van der Waals surface area contributed by atoms with Gasteiger partial charge in [-0.15, -0.1) is 0 Å². The molecule has 0 saturated heterocycles. The molecule has 216 valence electrons. The number of amides is 1. The van der Waals surface area contributed by atoms with Gasteiger partial charge in [0.15, 0.2) is 25.1 Å². The number of methoxy groups -OCH3 is 2. The van der Waals surface area contributed by atoms with E-state index in [1.54, 1.807) is 13.2 Å². The molecular weight excluding hydrogens is 506 g/mol. The Hall–Kier alpha value is -3.55. The summed E-state index contributed by atoms with van der Waals surface area (Å²) < 4.78 is 27.7. The number of nitrogens with one attached hydrogen (secondary N) is 1. The van der Waals surface area contributed by atoms with E-state index in [2.05, 4.69) is 50.4 Å². The number of ether oxygens (including phenoxy) is 5. The third-order valence-corrected chi connectivity index (χ3v) is 6.84. The molecule has 0 aliphatic carbocycles. The number of hydrogen-bond acceptors (Lipinski definition) is 6. The van der Waals surface area contributed by atoms with Gasteiger partial charge in [0.1, 0.15) is 6.61 Å². The number of rotatable bonds is 16. The van der Waals surface area contributed by atoms with E-state index in [0.717, 1.165) is 23.1 Å². The molecule has 3 aromatic carbocycles. The minimum Gasteiger partial charge on any atom is -0.463 e. The van der Waals surface area contributed by atoms with Crippen LogP contribution in [0, 0.1) is 0 Å². The first-order chi connectivity index (χ1) is 19.4. The monoisotopic (exact) mass is 549 g/mol. The molecule has 3 aromatic rings. The van der Waals surface area contributed by atoms with E-state index in [0.29, 0.717) is 17.2 Å². The van der Waals surface area contributed by atoms with Crippen LogP contribution < -0.4 is 14.8 Å². The van der Waals surface area contributed by atoms with Gasteiger partial charge in [-0.2, -0.15) is 0 Å². The van der Waals surface area contributed by atoms with Gasteiger partial charge < -0.3 is 23.7 Å². The zero-order chi connectivity index (χ0) is 28.8. The summed E-state index contributed by atoms with van der Waals surface area (Å²) in [6.07, 6.45) is 5.54. The van der Waals surface area contributed by atoms with Crippen LogP contribution in [0.15, 0.2) is 66.7 Å². The van der Waals surface area contributed by atoms with Crippen LogP contribution in [0.5, 0.6) is 11.5 Å². The largest absolute Gasteiger partial charge is 0.463 e. The summed E-state index contributed by atoms with van der Waals surface area (Å²) in [6.45, 7) is 6.95. The van der Waals surface area contributed by atoms with Crippen LogP contribution in [-0.2, 0) is 26.2 Å². The SMILES string of the molecule is CCCCCCC(C)(C)c1ccc(-c2ccc(NC(=O)OCc3ccccc3)c(OCOC)c2OCOC)cc1. The summed E-state index contributed by atoms with van der Waals surface area (Å²) in [5, 5.41) is 2.78. The summed E-state index contributed by atoms with van der Waals surface area (Å²) in [4.78, 5) is 12.6. The fourth-order valence-electron chi connectivity index (χ4n) is 4.52. The Kier molecular flexibility index (Phi) is 12.3. The van der Waals surface area contributed by atoms with Gasteiger partial charge in [-0.1, -0.05) is 101 Å². The number of carbonyl (C=O) groups is 1. The fraction of sp³-hybridized carbons (Fsp3) is 0.424. The van der Waals surface area contributed by atoms with Gasteiger partial charge in [-0.25, -0.2) is 4.79 Å². The van der Waals surface area contributed by atoms with Gasteiger partial charge in [-0.3, -0.25) is 5.32 Å². The minimum absolute atomic E-state index is 0.00111. The van der Waals surface area contributed by atoms with Gasteiger partial charge in [0.25, 0.3) is 0 Å². The van der Waals surface area contributed by atoms with Crippen molar-refractivity contribution in [1.82, 2.24) is 0 Å². The molecule has 0 unspecified atom stereocenters. The van der Waals surface area contributed by atoms with Crippen molar-refractivity contribution in [2.45, 2.75) is 64.9 Å². The Morgan fingerprint density at radius 3 is 2.12 bits per heavy atom. The van der Waals surface area contributed by atoms with Crippen molar-refractivity contribution in [3.63, 3.8) is 0 Å². The van der Waals surface area contributed by atoms with E-state index in [-0.39, 0.29) is 25.6 Å². The summed E-state index contributed by atoms with van der Waals surface area (Å²) in [7, 11) is 3.08. The Balaban J connectivity index is 1.87. The molecule has 1 N–H and O–H groups in total. The van der Waals surface area contributed by atoms with Crippen LogP contribution in [0.2, 0.25) is 0 Å². The number of carbonyl (C=O) groups excluding carboxylic acids is 1. The van der Waals surface area contributed by atoms with Gasteiger partial charge in [0.2, 0.25) is 0 Å². The molecule has 0 aromatic heterocycles. The van der Waals surface area contributed by atoms with Gasteiger partial charge >= 0.3 is 6.09 Å². The van der Waals surface area contributed by atoms with E-state index in [1.807, 2.05) is 36.4 Å². The van der Waals surface area contributed by atoms with Crippen molar-refractivity contribution in [2.24, 2.45) is 0 Å². The maximum Gasteiger partial charge on any atom is 0.412 e. The van der Waals surface area contributed by atoms with Crippen molar-refractivity contribution in [2.75, 3.05) is 33.1 Å². The highest BCUT2D eigenvalue weighted by Crippen LogP contribution is 2.44. The van der Waals surface area contributed by atoms with Crippen LogP contribution in [0.3, 0.4) is 0 Å². The molecule has 0 aliphatic heterocycles. The highest BCUT2D eigenvalue weighted by atomic mass is 16.7. The third-order valence-electron chi connectivity index (χ3n) is 6.84. The minimum atomic E-state index is -0.609.